The van der Waals surface area contributed by atoms with Gasteiger partial charge in [0.2, 0.25) is 0 Å². The molecule has 0 aliphatic rings. The van der Waals surface area contributed by atoms with Gasteiger partial charge in [-0.3, -0.25) is 0 Å². The molecule has 0 amide bonds. The summed E-state index contributed by atoms with van der Waals surface area (Å²) in [6.45, 7) is 4.01. The zero-order valence-electron chi connectivity index (χ0n) is 12.1. The lowest BCUT2D eigenvalue weighted by molar-refractivity contribution is 0.793. The van der Waals surface area contributed by atoms with E-state index in [-0.39, 0.29) is 0 Å². The number of nitrogens with one attached hydrogen (secondary N) is 1. The molecule has 0 aliphatic carbocycles. The van der Waals surface area contributed by atoms with Gasteiger partial charge in [0.25, 0.3) is 0 Å². The molecule has 0 fully saturated rings. The lowest BCUT2D eigenvalue weighted by Crippen LogP contribution is -2.04. The summed E-state index contributed by atoms with van der Waals surface area (Å²) in [6.07, 6.45) is 2.27. The van der Waals surface area contributed by atoms with E-state index in [0.29, 0.717) is 0 Å². The first-order valence-electron chi connectivity index (χ1n) is 7.05. The number of benzene rings is 2. The zero-order chi connectivity index (χ0) is 13.9. The Bertz CT molecular complexity index is 725. The second-order valence-corrected chi connectivity index (χ2v) is 5.26. The molecule has 0 aliphatic heterocycles. The van der Waals surface area contributed by atoms with E-state index in [2.05, 4.69) is 71.5 Å². The zero-order valence-corrected chi connectivity index (χ0v) is 12.1. The van der Waals surface area contributed by atoms with Crippen molar-refractivity contribution in [3.05, 3.63) is 71.4 Å². The second kappa shape index (κ2) is 5.51. The molecule has 3 rings (SSSR count). The van der Waals surface area contributed by atoms with Crippen LogP contribution in [-0.4, -0.2) is 11.6 Å². The third-order valence-corrected chi connectivity index (χ3v) is 3.84. The molecule has 2 heteroatoms. The van der Waals surface area contributed by atoms with Crippen molar-refractivity contribution in [1.29, 1.82) is 0 Å². The Labute approximate surface area is 120 Å². The van der Waals surface area contributed by atoms with Crippen molar-refractivity contribution in [2.75, 3.05) is 7.05 Å². The van der Waals surface area contributed by atoms with E-state index in [1.165, 1.54) is 27.6 Å². The summed E-state index contributed by atoms with van der Waals surface area (Å²) in [6, 6.07) is 17.2. The third kappa shape index (κ3) is 2.35. The number of hydrogen-bond donors (Lipinski definition) is 1. The van der Waals surface area contributed by atoms with Crippen LogP contribution >= 0.6 is 0 Å². The van der Waals surface area contributed by atoms with Crippen LogP contribution in [0.4, 0.5) is 0 Å². The average molecular weight is 264 g/mol. The summed E-state index contributed by atoms with van der Waals surface area (Å²) >= 11 is 0. The van der Waals surface area contributed by atoms with Gasteiger partial charge in [-0.2, -0.15) is 0 Å². The van der Waals surface area contributed by atoms with Crippen LogP contribution in [-0.2, 0) is 13.1 Å². The van der Waals surface area contributed by atoms with Gasteiger partial charge in [-0.15, -0.1) is 0 Å². The quantitative estimate of drug-likeness (QED) is 0.760. The topological polar surface area (TPSA) is 17.0 Å². The normalized spacial score (nSPS) is 11.1. The molecule has 1 heterocycles. The predicted molar refractivity (Wildman–Crippen MR) is 85.0 cm³/mol. The highest BCUT2D eigenvalue weighted by Gasteiger charge is 2.08. The molecule has 0 saturated heterocycles. The summed E-state index contributed by atoms with van der Waals surface area (Å²) in [5.74, 6) is 0. The molecule has 2 aromatic carbocycles. The first-order valence-corrected chi connectivity index (χ1v) is 7.05. The summed E-state index contributed by atoms with van der Waals surface area (Å²) in [4.78, 5) is 0. The van der Waals surface area contributed by atoms with E-state index in [1.54, 1.807) is 0 Å². The van der Waals surface area contributed by atoms with Gasteiger partial charge in [0.15, 0.2) is 0 Å². The molecule has 0 unspecified atom stereocenters. The van der Waals surface area contributed by atoms with E-state index < -0.39 is 0 Å². The Balaban J connectivity index is 2.05. The highest BCUT2D eigenvalue weighted by molar-refractivity contribution is 5.84. The van der Waals surface area contributed by atoms with Crippen LogP contribution in [0.5, 0.6) is 0 Å². The number of para-hydroxylation sites is 1. The first-order chi connectivity index (χ1) is 9.79. The van der Waals surface area contributed by atoms with Crippen molar-refractivity contribution in [3.63, 3.8) is 0 Å². The first kappa shape index (κ1) is 12.9. The van der Waals surface area contributed by atoms with Crippen molar-refractivity contribution >= 4 is 10.9 Å². The standard InChI is InChI=1S/C18H20N2/c1-14-7-3-4-8-15(14)12-20-13-16(11-19-2)17-9-5-6-10-18(17)20/h3-10,13,19H,11-12H2,1-2H3. The highest BCUT2D eigenvalue weighted by atomic mass is 15.0. The van der Waals surface area contributed by atoms with Crippen molar-refractivity contribution in [2.24, 2.45) is 0 Å². The van der Waals surface area contributed by atoms with E-state index in [9.17, 15) is 0 Å². The number of rotatable bonds is 4. The molecule has 3 aromatic rings. The predicted octanol–water partition coefficient (Wildman–Crippen LogP) is 3.72. The van der Waals surface area contributed by atoms with Crippen LogP contribution < -0.4 is 5.32 Å². The minimum Gasteiger partial charge on any atom is -0.343 e. The molecular weight excluding hydrogens is 244 g/mol. The fraction of sp³-hybridized carbons (Fsp3) is 0.222. The molecule has 1 aromatic heterocycles. The maximum atomic E-state index is 3.25. The molecule has 0 spiro atoms. The average Bonchev–Trinajstić information content (AvgIpc) is 2.81. The van der Waals surface area contributed by atoms with Crippen LogP contribution in [0.3, 0.4) is 0 Å². The van der Waals surface area contributed by atoms with Gasteiger partial charge in [-0.1, -0.05) is 42.5 Å². The molecular formula is C18H20N2. The molecule has 102 valence electrons. The van der Waals surface area contributed by atoms with Gasteiger partial charge in [0.05, 0.1) is 0 Å². The van der Waals surface area contributed by atoms with E-state index in [0.717, 1.165) is 13.1 Å². The summed E-state index contributed by atoms with van der Waals surface area (Å²) < 4.78 is 2.35. The second-order valence-electron chi connectivity index (χ2n) is 5.26. The fourth-order valence-electron chi connectivity index (χ4n) is 2.76. The molecule has 1 N–H and O–H groups in total. The van der Waals surface area contributed by atoms with Crippen molar-refractivity contribution in [3.8, 4) is 0 Å². The Morgan fingerprint density at radius 3 is 2.50 bits per heavy atom. The van der Waals surface area contributed by atoms with Gasteiger partial charge >= 0.3 is 0 Å². The Morgan fingerprint density at radius 2 is 1.70 bits per heavy atom. The molecule has 0 saturated carbocycles. The Kier molecular flexibility index (Phi) is 3.57. The summed E-state index contributed by atoms with van der Waals surface area (Å²) in [7, 11) is 1.99. The van der Waals surface area contributed by atoms with Gasteiger partial charge in [0.1, 0.15) is 0 Å². The van der Waals surface area contributed by atoms with Crippen LogP contribution in [0.25, 0.3) is 10.9 Å². The van der Waals surface area contributed by atoms with Gasteiger partial charge < -0.3 is 9.88 Å². The third-order valence-electron chi connectivity index (χ3n) is 3.84. The molecule has 0 atom stereocenters. The van der Waals surface area contributed by atoms with Crippen molar-refractivity contribution in [1.82, 2.24) is 9.88 Å². The van der Waals surface area contributed by atoms with E-state index >= 15 is 0 Å². The Hall–Kier alpha value is -2.06. The summed E-state index contributed by atoms with van der Waals surface area (Å²) in [5, 5.41) is 4.59. The number of fused-ring (bicyclic) bond motifs is 1. The smallest absolute Gasteiger partial charge is 0.0486 e. The summed E-state index contributed by atoms with van der Waals surface area (Å²) in [5.41, 5.74) is 5.39. The minimum atomic E-state index is 0.904. The fourth-order valence-corrected chi connectivity index (χ4v) is 2.76. The lowest BCUT2D eigenvalue weighted by atomic mass is 10.1. The largest absolute Gasteiger partial charge is 0.343 e. The van der Waals surface area contributed by atoms with Crippen LogP contribution in [0.15, 0.2) is 54.7 Å². The van der Waals surface area contributed by atoms with Gasteiger partial charge in [-0.05, 0) is 36.7 Å². The van der Waals surface area contributed by atoms with Gasteiger partial charge in [-0.25, -0.2) is 0 Å². The van der Waals surface area contributed by atoms with E-state index in [4.69, 9.17) is 0 Å². The number of aryl methyl sites for hydroxylation is 1. The maximum absolute atomic E-state index is 3.25. The van der Waals surface area contributed by atoms with Crippen LogP contribution in [0.2, 0.25) is 0 Å². The number of hydrogen-bond acceptors (Lipinski definition) is 1. The Morgan fingerprint density at radius 1 is 0.950 bits per heavy atom. The van der Waals surface area contributed by atoms with Crippen LogP contribution in [0, 0.1) is 6.92 Å². The van der Waals surface area contributed by atoms with E-state index in [1.807, 2.05) is 7.05 Å². The number of nitrogens with zero attached hydrogens (tertiary/aromatic N) is 1. The lowest BCUT2D eigenvalue weighted by Gasteiger charge is -2.08. The van der Waals surface area contributed by atoms with Crippen LogP contribution in [0.1, 0.15) is 16.7 Å². The highest BCUT2D eigenvalue weighted by Crippen LogP contribution is 2.23. The van der Waals surface area contributed by atoms with Crippen molar-refractivity contribution in [2.45, 2.75) is 20.0 Å². The minimum absolute atomic E-state index is 0.904. The molecule has 0 radical (unpaired) electrons. The SMILES string of the molecule is CNCc1cn(Cc2ccccc2C)c2ccccc12. The van der Waals surface area contributed by atoms with Crippen molar-refractivity contribution < 1.29 is 0 Å². The molecule has 0 bridgehead atoms. The molecule has 20 heavy (non-hydrogen) atoms. The molecule has 2 nitrogen and oxygen atoms in total. The number of aromatic nitrogens is 1. The maximum Gasteiger partial charge on any atom is 0.0486 e. The van der Waals surface area contributed by atoms with Gasteiger partial charge in [0, 0.05) is 30.2 Å². The monoisotopic (exact) mass is 264 g/mol.